The van der Waals surface area contributed by atoms with Crippen molar-refractivity contribution in [1.82, 2.24) is 10.3 Å². The van der Waals surface area contributed by atoms with Crippen LogP contribution in [0.2, 0.25) is 5.15 Å². The smallest absolute Gasteiger partial charge is 0.226 e. The number of carbonyl (C=O) groups is 1. The predicted octanol–water partition coefficient (Wildman–Crippen LogP) is 4.93. The van der Waals surface area contributed by atoms with Crippen LogP contribution in [0.1, 0.15) is 29.0 Å². The zero-order chi connectivity index (χ0) is 19.8. The van der Waals surface area contributed by atoms with E-state index in [0.717, 1.165) is 22.5 Å². The summed E-state index contributed by atoms with van der Waals surface area (Å²) in [7, 11) is 0. The number of halogens is 1. The summed E-state index contributed by atoms with van der Waals surface area (Å²) < 4.78 is 0. The molecule has 1 N–H and O–H groups in total. The Balaban J connectivity index is 0.000000236. The van der Waals surface area contributed by atoms with Crippen LogP contribution in [0.4, 0.5) is 0 Å². The highest BCUT2D eigenvalue weighted by Crippen LogP contribution is 2.25. The Morgan fingerprint density at radius 1 is 1.04 bits per heavy atom. The Bertz CT molecular complexity index is 904. The number of amides is 1. The predicted molar refractivity (Wildman–Crippen MR) is 114 cm³/mol. The van der Waals surface area contributed by atoms with E-state index in [0.29, 0.717) is 18.1 Å². The van der Waals surface area contributed by atoms with Crippen LogP contribution in [-0.2, 0) is 11.3 Å². The third kappa shape index (κ3) is 5.76. The molecular weight excluding hydrogens is 370 g/mol. The number of nitrogens with zero attached hydrogens (tertiary/aromatic N) is 2. The molecule has 1 atom stereocenters. The summed E-state index contributed by atoms with van der Waals surface area (Å²) in [6, 6.07) is 23.8. The molecule has 1 aliphatic heterocycles. The van der Waals surface area contributed by atoms with Crippen molar-refractivity contribution in [3.63, 3.8) is 0 Å². The summed E-state index contributed by atoms with van der Waals surface area (Å²) in [5, 5.41) is 3.44. The number of hydrogen-bond acceptors (Lipinski definition) is 3. The fourth-order valence-electron chi connectivity index (χ4n) is 2.88. The molecule has 1 aliphatic rings. The van der Waals surface area contributed by atoms with Crippen molar-refractivity contribution in [3.05, 3.63) is 101 Å². The number of benzene rings is 2. The van der Waals surface area contributed by atoms with E-state index in [1.54, 1.807) is 12.3 Å². The Morgan fingerprint density at radius 2 is 1.71 bits per heavy atom. The quantitative estimate of drug-likeness (QED) is 0.643. The van der Waals surface area contributed by atoms with Gasteiger partial charge in [0.25, 0.3) is 0 Å². The van der Waals surface area contributed by atoms with Crippen LogP contribution in [0.3, 0.4) is 0 Å². The molecule has 4 rings (SSSR count). The summed E-state index contributed by atoms with van der Waals surface area (Å²) in [5.74, 6) is 0.892. The fraction of sp³-hybridized carbons (Fsp3) is 0.174. The molecule has 28 heavy (non-hydrogen) atoms. The highest BCUT2D eigenvalue weighted by atomic mass is 35.5. The minimum absolute atomic E-state index is 0.0469. The van der Waals surface area contributed by atoms with Crippen LogP contribution in [0.15, 0.2) is 84.0 Å². The second-order valence-corrected chi connectivity index (χ2v) is 6.95. The van der Waals surface area contributed by atoms with Gasteiger partial charge < -0.3 is 5.32 Å². The van der Waals surface area contributed by atoms with E-state index in [1.807, 2.05) is 73.7 Å². The summed E-state index contributed by atoms with van der Waals surface area (Å²) >= 11 is 5.50. The Kier molecular flexibility index (Phi) is 6.93. The van der Waals surface area contributed by atoms with E-state index >= 15 is 0 Å². The first kappa shape index (κ1) is 19.8. The largest absolute Gasteiger partial charge is 0.314 e. The SMILES string of the molecule is Cc1ccc(Cl)nc1.O=C1CC(c2ccccc2)C(=NCc2ccccc2)N1. The minimum Gasteiger partial charge on any atom is -0.314 e. The lowest BCUT2D eigenvalue weighted by molar-refractivity contribution is -0.118. The summed E-state index contributed by atoms with van der Waals surface area (Å²) in [5.41, 5.74) is 3.42. The van der Waals surface area contributed by atoms with Crippen LogP contribution in [0.25, 0.3) is 0 Å². The van der Waals surface area contributed by atoms with Gasteiger partial charge in [-0.1, -0.05) is 78.3 Å². The number of nitrogens with one attached hydrogen (secondary N) is 1. The topological polar surface area (TPSA) is 54.4 Å². The first-order valence-electron chi connectivity index (χ1n) is 9.13. The summed E-state index contributed by atoms with van der Waals surface area (Å²) in [6.45, 7) is 2.57. The van der Waals surface area contributed by atoms with E-state index in [-0.39, 0.29) is 11.8 Å². The highest BCUT2D eigenvalue weighted by Gasteiger charge is 2.29. The maximum absolute atomic E-state index is 11.7. The van der Waals surface area contributed by atoms with Gasteiger partial charge in [-0.2, -0.15) is 0 Å². The Hall–Kier alpha value is -2.98. The lowest BCUT2D eigenvalue weighted by atomic mass is 9.97. The second kappa shape index (κ2) is 9.81. The van der Waals surface area contributed by atoms with Crippen molar-refractivity contribution in [2.75, 3.05) is 0 Å². The number of amidine groups is 1. The molecule has 2 heterocycles. The van der Waals surface area contributed by atoms with Crippen LogP contribution in [-0.4, -0.2) is 16.7 Å². The van der Waals surface area contributed by atoms with E-state index in [2.05, 4.69) is 15.3 Å². The molecule has 5 heteroatoms. The number of aryl methyl sites for hydroxylation is 1. The van der Waals surface area contributed by atoms with Gasteiger partial charge >= 0.3 is 0 Å². The molecule has 0 bridgehead atoms. The Morgan fingerprint density at radius 3 is 2.32 bits per heavy atom. The van der Waals surface area contributed by atoms with Crippen LogP contribution < -0.4 is 5.32 Å². The summed E-state index contributed by atoms with van der Waals surface area (Å²) in [4.78, 5) is 20.1. The second-order valence-electron chi connectivity index (χ2n) is 6.56. The van der Waals surface area contributed by atoms with Crippen LogP contribution in [0.5, 0.6) is 0 Å². The molecule has 1 unspecified atom stereocenters. The molecule has 1 saturated heterocycles. The van der Waals surface area contributed by atoms with Gasteiger partial charge in [-0.25, -0.2) is 4.98 Å². The Labute approximate surface area is 170 Å². The maximum atomic E-state index is 11.7. The summed E-state index contributed by atoms with van der Waals surface area (Å²) in [6.07, 6.45) is 2.22. The van der Waals surface area contributed by atoms with Gasteiger partial charge in [0, 0.05) is 12.6 Å². The van der Waals surface area contributed by atoms with Crippen molar-refractivity contribution in [3.8, 4) is 0 Å². The molecule has 0 spiro atoms. The normalized spacial score (nSPS) is 17.0. The molecule has 1 amide bonds. The van der Waals surface area contributed by atoms with Gasteiger partial charge in [0.05, 0.1) is 12.5 Å². The lowest BCUT2D eigenvalue weighted by Gasteiger charge is -2.09. The standard InChI is InChI=1S/C17H16N2O.C6H6ClN/c20-16-11-15(14-9-5-2-6-10-14)17(19-16)18-12-13-7-3-1-4-8-13;1-5-2-3-6(7)8-4-5/h1-10,15H,11-12H2,(H,18,19,20);2-4H,1H3. The molecule has 3 aromatic rings. The third-order valence-corrected chi connectivity index (χ3v) is 4.56. The molecule has 0 saturated carbocycles. The molecule has 142 valence electrons. The molecule has 4 nitrogen and oxygen atoms in total. The molecular formula is C23H22ClN3O. The molecule has 0 aliphatic carbocycles. The van der Waals surface area contributed by atoms with Crippen molar-refractivity contribution >= 4 is 23.3 Å². The first-order chi connectivity index (χ1) is 13.6. The van der Waals surface area contributed by atoms with E-state index in [1.165, 1.54) is 0 Å². The number of carbonyl (C=O) groups excluding carboxylic acids is 1. The van der Waals surface area contributed by atoms with E-state index in [9.17, 15) is 4.79 Å². The van der Waals surface area contributed by atoms with Gasteiger partial charge in [-0.15, -0.1) is 0 Å². The molecule has 1 aromatic heterocycles. The van der Waals surface area contributed by atoms with Gasteiger partial charge in [0.2, 0.25) is 5.91 Å². The fourth-order valence-corrected chi connectivity index (χ4v) is 3.00. The number of hydrogen-bond donors (Lipinski definition) is 1. The number of aliphatic imine (C=N–C) groups is 1. The number of rotatable bonds is 3. The zero-order valence-corrected chi connectivity index (χ0v) is 16.4. The molecule has 2 aromatic carbocycles. The maximum Gasteiger partial charge on any atom is 0.226 e. The molecule has 0 radical (unpaired) electrons. The highest BCUT2D eigenvalue weighted by molar-refractivity contribution is 6.29. The van der Waals surface area contributed by atoms with Gasteiger partial charge in [-0.3, -0.25) is 9.79 Å². The van der Waals surface area contributed by atoms with Gasteiger partial charge in [-0.05, 0) is 29.7 Å². The lowest BCUT2D eigenvalue weighted by Crippen LogP contribution is -2.22. The van der Waals surface area contributed by atoms with Crippen molar-refractivity contribution < 1.29 is 4.79 Å². The van der Waals surface area contributed by atoms with Crippen molar-refractivity contribution in [2.45, 2.75) is 25.8 Å². The molecule has 1 fully saturated rings. The van der Waals surface area contributed by atoms with E-state index in [4.69, 9.17) is 11.6 Å². The average Bonchev–Trinajstić information content (AvgIpc) is 3.11. The van der Waals surface area contributed by atoms with Crippen molar-refractivity contribution in [1.29, 1.82) is 0 Å². The first-order valence-corrected chi connectivity index (χ1v) is 9.51. The third-order valence-electron chi connectivity index (χ3n) is 4.34. The zero-order valence-electron chi connectivity index (χ0n) is 15.7. The van der Waals surface area contributed by atoms with Gasteiger partial charge in [0.15, 0.2) is 0 Å². The van der Waals surface area contributed by atoms with Crippen molar-refractivity contribution in [2.24, 2.45) is 4.99 Å². The number of pyridine rings is 1. The van der Waals surface area contributed by atoms with Crippen LogP contribution >= 0.6 is 11.6 Å². The van der Waals surface area contributed by atoms with Gasteiger partial charge in [0.1, 0.15) is 11.0 Å². The average molecular weight is 392 g/mol. The van der Waals surface area contributed by atoms with Crippen LogP contribution in [0, 0.1) is 6.92 Å². The minimum atomic E-state index is 0.0469. The number of aromatic nitrogens is 1. The van der Waals surface area contributed by atoms with E-state index < -0.39 is 0 Å². The monoisotopic (exact) mass is 391 g/mol.